The number of carbonyl (C=O) groups is 1. The fraction of sp³-hybridized carbons (Fsp3) is 0.600. The summed E-state index contributed by atoms with van der Waals surface area (Å²) in [6.07, 6.45) is 3.83. The summed E-state index contributed by atoms with van der Waals surface area (Å²) in [7, 11) is 0. The molecular weight excluding hydrogens is 240 g/mol. The van der Waals surface area contributed by atoms with Crippen molar-refractivity contribution in [3.63, 3.8) is 0 Å². The number of ether oxygens (including phenoxy) is 1. The van der Waals surface area contributed by atoms with Crippen LogP contribution in [-0.2, 0) is 4.74 Å². The summed E-state index contributed by atoms with van der Waals surface area (Å²) in [5.41, 5.74) is 1.68. The summed E-state index contributed by atoms with van der Waals surface area (Å²) < 4.78 is 5.45. The van der Waals surface area contributed by atoms with Crippen molar-refractivity contribution in [2.45, 2.75) is 38.1 Å². The quantitative estimate of drug-likeness (QED) is 0.818. The molecule has 0 saturated carbocycles. The average molecular weight is 260 g/mol. The number of hydrogen-bond donors (Lipinski definition) is 0. The second kappa shape index (κ2) is 4.60. The first-order valence-electron chi connectivity index (χ1n) is 6.98. The highest BCUT2D eigenvalue weighted by Gasteiger charge is 2.50. The smallest absolute Gasteiger partial charge is 0.272 e. The molecule has 2 fully saturated rings. The SMILES string of the molecule is CC(C)c1ccc(C(=O)N2CCC23CCOC3)nc1. The maximum Gasteiger partial charge on any atom is 0.272 e. The maximum atomic E-state index is 12.5. The van der Waals surface area contributed by atoms with E-state index in [0.29, 0.717) is 18.2 Å². The van der Waals surface area contributed by atoms with Gasteiger partial charge in [0.25, 0.3) is 5.91 Å². The molecule has 2 aliphatic rings. The average Bonchev–Trinajstić information content (AvgIpc) is 2.89. The van der Waals surface area contributed by atoms with Crippen LogP contribution in [-0.4, -0.2) is 41.1 Å². The Morgan fingerprint density at radius 2 is 2.26 bits per heavy atom. The Balaban J connectivity index is 1.77. The van der Waals surface area contributed by atoms with E-state index < -0.39 is 0 Å². The summed E-state index contributed by atoms with van der Waals surface area (Å²) in [5.74, 6) is 0.488. The van der Waals surface area contributed by atoms with Crippen molar-refractivity contribution in [2.75, 3.05) is 19.8 Å². The molecule has 102 valence electrons. The normalized spacial score (nSPS) is 25.9. The van der Waals surface area contributed by atoms with Gasteiger partial charge in [0.15, 0.2) is 0 Å². The minimum Gasteiger partial charge on any atom is -0.379 e. The van der Waals surface area contributed by atoms with Crippen molar-refractivity contribution in [3.05, 3.63) is 29.6 Å². The third-order valence-electron chi connectivity index (χ3n) is 4.37. The van der Waals surface area contributed by atoms with Crippen LogP contribution in [0, 0.1) is 0 Å². The second-order valence-electron chi connectivity index (χ2n) is 5.87. The number of likely N-dealkylation sites (tertiary alicyclic amines) is 1. The van der Waals surface area contributed by atoms with E-state index >= 15 is 0 Å². The lowest BCUT2D eigenvalue weighted by molar-refractivity contribution is -0.00839. The molecule has 2 saturated heterocycles. The molecule has 1 unspecified atom stereocenters. The predicted molar refractivity (Wildman–Crippen MR) is 72.1 cm³/mol. The van der Waals surface area contributed by atoms with Gasteiger partial charge in [-0.25, -0.2) is 0 Å². The van der Waals surface area contributed by atoms with E-state index in [1.54, 1.807) is 0 Å². The van der Waals surface area contributed by atoms with Crippen LogP contribution in [0.1, 0.15) is 48.7 Å². The van der Waals surface area contributed by atoms with Crippen molar-refractivity contribution in [1.29, 1.82) is 0 Å². The van der Waals surface area contributed by atoms with E-state index in [1.165, 1.54) is 5.56 Å². The summed E-state index contributed by atoms with van der Waals surface area (Å²) in [4.78, 5) is 18.7. The Morgan fingerprint density at radius 3 is 2.74 bits per heavy atom. The second-order valence-corrected chi connectivity index (χ2v) is 5.87. The van der Waals surface area contributed by atoms with E-state index in [0.717, 1.165) is 26.0 Å². The highest BCUT2D eigenvalue weighted by Crippen LogP contribution is 2.38. The topological polar surface area (TPSA) is 42.4 Å². The van der Waals surface area contributed by atoms with Gasteiger partial charge in [0, 0.05) is 19.3 Å². The third kappa shape index (κ3) is 2.04. The van der Waals surface area contributed by atoms with Crippen molar-refractivity contribution in [1.82, 2.24) is 9.88 Å². The van der Waals surface area contributed by atoms with Crippen LogP contribution in [0.5, 0.6) is 0 Å². The predicted octanol–water partition coefficient (Wildman–Crippen LogP) is 2.21. The number of hydrogen-bond acceptors (Lipinski definition) is 3. The van der Waals surface area contributed by atoms with E-state index in [2.05, 4.69) is 18.8 Å². The van der Waals surface area contributed by atoms with Gasteiger partial charge in [-0.2, -0.15) is 0 Å². The Morgan fingerprint density at radius 1 is 1.42 bits per heavy atom. The number of carbonyl (C=O) groups excluding carboxylic acids is 1. The first-order valence-corrected chi connectivity index (χ1v) is 6.98. The molecule has 1 aromatic rings. The van der Waals surface area contributed by atoms with E-state index in [9.17, 15) is 4.79 Å². The fourth-order valence-electron chi connectivity index (χ4n) is 2.87. The Bertz CT molecular complexity index is 475. The fourth-order valence-corrected chi connectivity index (χ4v) is 2.87. The molecule has 1 amide bonds. The zero-order chi connectivity index (χ0) is 13.5. The molecule has 0 bridgehead atoms. The number of aromatic nitrogens is 1. The molecule has 1 aromatic heterocycles. The Labute approximate surface area is 113 Å². The van der Waals surface area contributed by atoms with Crippen molar-refractivity contribution in [3.8, 4) is 0 Å². The van der Waals surface area contributed by atoms with E-state index in [4.69, 9.17) is 4.74 Å². The standard InChI is InChI=1S/C15H20N2O2/c1-11(2)12-3-4-13(16-9-12)14(18)17-7-5-15(17)6-8-19-10-15/h3-4,9,11H,5-8,10H2,1-2H3. The monoisotopic (exact) mass is 260 g/mol. The third-order valence-corrected chi connectivity index (χ3v) is 4.37. The zero-order valence-electron chi connectivity index (χ0n) is 11.6. The van der Waals surface area contributed by atoms with E-state index in [-0.39, 0.29) is 11.4 Å². The molecular formula is C15H20N2O2. The molecule has 3 heterocycles. The van der Waals surface area contributed by atoms with Gasteiger partial charge in [0.1, 0.15) is 5.69 Å². The number of rotatable bonds is 2. The lowest BCUT2D eigenvalue weighted by Crippen LogP contribution is -2.62. The molecule has 2 aliphatic heterocycles. The van der Waals surface area contributed by atoms with Gasteiger partial charge in [0.05, 0.1) is 12.1 Å². The van der Waals surface area contributed by atoms with Crippen LogP contribution in [0.2, 0.25) is 0 Å². The Kier molecular flexibility index (Phi) is 3.05. The highest BCUT2D eigenvalue weighted by atomic mass is 16.5. The molecule has 1 spiro atoms. The first kappa shape index (κ1) is 12.6. The minimum atomic E-state index is -0.0323. The van der Waals surface area contributed by atoms with Crippen LogP contribution in [0.3, 0.4) is 0 Å². The maximum absolute atomic E-state index is 12.5. The summed E-state index contributed by atoms with van der Waals surface area (Å²) in [6, 6.07) is 3.85. The van der Waals surface area contributed by atoms with Crippen LogP contribution in [0.4, 0.5) is 0 Å². The Hall–Kier alpha value is -1.42. The lowest BCUT2D eigenvalue weighted by atomic mass is 9.83. The van der Waals surface area contributed by atoms with Crippen molar-refractivity contribution in [2.24, 2.45) is 0 Å². The molecule has 4 nitrogen and oxygen atoms in total. The number of amides is 1. The molecule has 4 heteroatoms. The lowest BCUT2D eigenvalue weighted by Gasteiger charge is -2.49. The summed E-state index contributed by atoms with van der Waals surface area (Å²) in [5, 5.41) is 0. The molecule has 1 atom stereocenters. The van der Waals surface area contributed by atoms with Crippen LogP contribution < -0.4 is 0 Å². The molecule has 3 rings (SSSR count). The van der Waals surface area contributed by atoms with E-state index in [1.807, 2.05) is 23.2 Å². The van der Waals surface area contributed by atoms with Gasteiger partial charge in [-0.15, -0.1) is 0 Å². The molecule has 0 aliphatic carbocycles. The van der Waals surface area contributed by atoms with Gasteiger partial charge < -0.3 is 9.64 Å². The highest BCUT2D eigenvalue weighted by molar-refractivity contribution is 5.93. The summed E-state index contributed by atoms with van der Waals surface area (Å²) in [6.45, 7) is 6.53. The van der Waals surface area contributed by atoms with Crippen LogP contribution in [0.15, 0.2) is 18.3 Å². The molecule has 0 radical (unpaired) electrons. The van der Waals surface area contributed by atoms with Crippen LogP contribution >= 0.6 is 0 Å². The molecule has 19 heavy (non-hydrogen) atoms. The molecule has 0 aromatic carbocycles. The largest absolute Gasteiger partial charge is 0.379 e. The van der Waals surface area contributed by atoms with Crippen molar-refractivity contribution < 1.29 is 9.53 Å². The molecule has 0 N–H and O–H groups in total. The summed E-state index contributed by atoms with van der Waals surface area (Å²) >= 11 is 0. The number of nitrogens with zero attached hydrogens (tertiary/aromatic N) is 2. The van der Waals surface area contributed by atoms with Gasteiger partial charge in [0.2, 0.25) is 0 Å². The first-order chi connectivity index (χ1) is 9.12. The zero-order valence-corrected chi connectivity index (χ0v) is 11.6. The van der Waals surface area contributed by atoms with Gasteiger partial charge >= 0.3 is 0 Å². The van der Waals surface area contributed by atoms with Crippen LogP contribution in [0.25, 0.3) is 0 Å². The van der Waals surface area contributed by atoms with Gasteiger partial charge in [-0.1, -0.05) is 19.9 Å². The van der Waals surface area contributed by atoms with Gasteiger partial charge in [-0.05, 0) is 30.4 Å². The van der Waals surface area contributed by atoms with Crippen molar-refractivity contribution >= 4 is 5.91 Å². The van der Waals surface area contributed by atoms with Gasteiger partial charge in [-0.3, -0.25) is 9.78 Å². The minimum absolute atomic E-state index is 0.0323. The number of pyridine rings is 1.